The van der Waals surface area contributed by atoms with Crippen molar-refractivity contribution < 1.29 is 9.52 Å². The SMILES string of the molecule is CC(C)(C)C(C)(O)c1ccco1. The van der Waals surface area contributed by atoms with E-state index in [1.165, 1.54) is 0 Å². The highest BCUT2D eigenvalue weighted by Crippen LogP contribution is 2.38. The fraction of sp³-hybridized carbons (Fsp3) is 0.600. The van der Waals surface area contributed by atoms with E-state index in [4.69, 9.17) is 4.42 Å². The minimum absolute atomic E-state index is 0.217. The lowest BCUT2D eigenvalue weighted by Crippen LogP contribution is -2.36. The molecule has 2 heteroatoms. The standard InChI is InChI=1S/C10H16O2/c1-9(2,3)10(4,11)8-6-5-7-12-8/h5-7,11H,1-4H3. The molecule has 2 nitrogen and oxygen atoms in total. The molecule has 1 aromatic heterocycles. The van der Waals surface area contributed by atoms with E-state index in [0.717, 1.165) is 0 Å². The first kappa shape index (κ1) is 9.33. The zero-order valence-electron chi connectivity index (χ0n) is 8.09. The van der Waals surface area contributed by atoms with Crippen molar-refractivity contribution >= 4 is 0 Å². The van der Waals surface area contributed by atoms with Crippen molar-refractivity contribution in [3.63, 3.8) is 0 Å². The largest absolute Gasteiger partial charge is 0.466 e. The lowest BCUT2D eigenvalue weighted by molar-refractivity contribution is -0.0637. The summed E-state index contributed by atoms with van der Waals surface area (Å²) in [5.74, 6) is 0.620. The fourth-order valence-electron chi connectivity index (χ4n) is 0.925. The molecule has 0 saturated heterocycles. The van der Waals surface area contributed by atoms with Gasteiger partial charge in [-0.1, -0.05) is 20.8 Å². The van der Waals surface area contributed by atoms with Crippen LogP contribution in [0.5, 0.6) is 0 Å². The minimum atomic E-state index is -0.906. The third kappa shape index (κ3) is 1.39. The molecule has 1 N–H and O–H groups in total. The minimum Gasteiger partial charge on any atom is -0.466 e. The molecule has 1 unspecified atom stereocenters. The molecule has 0 amide bonds. The highest BCUT2D eigenvalue weighted by atomic mass is 16.4. The lowest BCUT2D eigenvalue weighted by Gasteiger charge is -2.35. The number of furan rings is 1. The Morgan fingerprint density at radius 1 is 1.25 bits per heavy atom. The lowest BCUT2D eigenvalue weighted by atomic mass is 9.76. The summed E-state index contributed by atoms with van der Waals surface area (Å²) >= 11 is 0. The van der Waals surface area contributed by atoms with Crippen LogP contribution >= 0.6 is 0 Å². The Morgan fingerprint density at radius 2 is 1.83 bits per heavy atom. The van der Waals surface area contributed by atoms with Gasteiger partial charge in [0, 0.05) is 0 Å². The van der Waals surface area contributed by atoms with Crippen LogP contribution in [-0.4, -0.2) is 5.11 Å². The summed E-state index contributed by atoms with van der Waals surface area (Å²) in [6.07, 6.45) is 1.58. The smallest absolute Gasteiger partial charge is 0.135 e. The van der Waals surface area contributed by atoms with Crippen LogP contribution in [0.25, 0.3) is 0 Å². The van der Waals surface area contributed by atoms with Gasteiger partial charge in [0.1, 0.15) is 11.4 Å². The Labute approximate surface area is 73.2 Å². The van der Waals surface area contributed by atoms with E-state index < -0.39 is 5.60 Å². The summed E-state index contributed by atoms with van der Waals surface area (Å²) in [4.78, 5) is 0. The molecule has 0 saturated carbocycles. The monoisotopic (exact) mass is 168 g/mol. The van der Waals surface area contributed by atoms with Gasteiger partial charge in [-0.05, 0) is 24.5 Å². The number of hydrogen-bond donors (Lipinski definition) is 1. The predicted octanol–water partition coefficient (Wildman–Crippen LogP) is 2.53. The normalized spacial score (nSPS) is 17.4. The van der Waals surface area contributed by atoms with E-state index in [-0.39, 0.29) is 5.41 Å². The topological polar surface area (TPSA) is 33.4 Å². The highest BCUT2D eigenvalue weighted by Gasteiger charge is 2.39. The van der Waals surface area contributed by atoms with Crippen molar-refractivity contribution in [2.24, 2.45) is 5.41 Å². The molecule has 1 heterocycles. The van der Waals surface area contributed by atoms with Gasteiger partial charge in [0.25, 0.3) is 0 Å². The van der Waals surface area contributed by atoms with Crippen LogP contribution in [-0.2, 0) is 5.60 Å². The molecule has 68 valence electrons. The van der Waals surface area contributed by atoms with Crippen LogP contribution in [0, 0.1) is 5.41 Å². The van der Waals surface area contributed by atoms with Crippen molar-refractivity contribution in [3.05, 3.63) is 24.2 Å². The Morgan fingerprint density at radius 3 is 2.17 bits per heavy atom. The average molecular weight is 168 g/mol. The second-order valence-corrected chi connectivity index (χ2v) is 4.30. The van der Waals surface area contributed by atoms with Crippen LogP contribution in [0.4, 0.5) is 0 Å². The van der Waals surface area contributed by atoms with Crippen molar-refractivity contribution in [3.8, 4) is 0 Å². The van der Waals surface area contributed by atoms with Gasteiger partial charge in [0.15, 0.2) is 0 Å². The first-order valence-corrected chi connectivity index (χ1v) is 4.12. The molecular weight excluding hydrogens is 152 g/mol. The molecule has 1 atom stereocenters. The third-order valence-electron chi connectivity index (χ3n) is 2.46. The van der Waals surface area contributed by atoms with Crippen LogP contribution in [0.3, 0.4) is 0 Å². The van der Waals surface area contributed by atoms with E-state index in [1.807, 2.05) is 20.8 Å². The molecule has 0 aliphatic heterocycles. The number of hydrogen-bond acceptors (Lipinski definition) is 2. The van der Waals surface area contributed by atoms with Gasteiger partial charge < -0.3 is 9.52 Å². The summed E-state index contributed by atoms with van der Waals surface area (Å²) in [5.41, 5.74) is -1.12. The van der Waals surface area contributed by atoms with Crippen molar-refractivity contribution in [2.75, 3.05) is 0 Å². The van der Waals surface area contributed by atoms with Crippen LogP contribution < -0.4 is 0 Å². The molecule has 0 radical (unpaired) electrons. The molecule has 1 rings (SSSR count). The van der Waals surface area contributed by atoms with Crippen molar-refractivity contribution in [1.29, 1.82) is 0 Å². The van der Waals surface area contributed by atoms with E-state index in [9.17, 15) is 5.11 Å². The Balaban J connectivity index is 3.02. The molecule has 0 aliphatic carbocycles. The Kier molecular flexibility index (Phi) is 2.04. The van der Waals surface area contributed by atoms with Crippen LogP contribution in [0.1, 0.15) is 33.5 Å². The summed E-state index contributed by atoms with van der Waals surface area (Å²) in [6, 6.07) is 3.58. The molecule has 0 aliphatic rings. The fourth-order valence-corrected chi connectivity index (χ4v) is 0.925. The van der Waals surface area contributed by atoms with Gasteiger partial charge in [0.2, 0.25) is 0 Å². The summed E-state index contributed by atoms with van der Waals surface area (Å²) in [7, 11) is 0. The highest BCUT2D eigenvalue weighted by molar-refractivity contribution is 5.11. The van der Waals surface area contributed by atoms with Gasteiger partial charge >= 0.3 is 0 Å². The van der Waals surface area contributed by atoms with Gasteiger partial charge in [-0.25, -0.2) is 0 Å². The van der Waals surface area contributed by atoms with Crippen molar-refractivity contribution in [1.82, 2.24) is 0 Å². The maximum atomic E-state index is 10.1. The van der Waals surface area contributed by atoms with Gasteiger partial charge in [-0.2, -0.15) is 0 Å². The second-order valence-electron chi connectivity index (χ2n) is 4.30. The first-order valence-electron chi connectivity index (χ1n) is 4.12. The molecular formula is C10H16O2. The van der Waals surface area contributed by atoms with Crippen LogP contribution in [0.15, 0.2) is 22.8 Å². The van der Waals surface area contributed by atoms with Crippen LogP contribution in [0.2, 0.25) is 0 Å². The zero-order chi connectivity index (χ0) is 9.41. The van der Waals surface area contributed by atoms with E-state index >= 15 is 0 Å². The second kappa shape index (κ2) is 2.63. The van der Waals surface area contributed by atoms with E-state index in [2.05, 4.69) is 0 Å². The quantitative estimate of drug-likeness (QED) is 0.699. The zero-order valence-corrected chi connectivity index (χ0v) is 8.09. The number of rotatable bonds is 1. The third-order valence-corrected chi connectivity index (χ3v) is 2.46. The van der Waals surface area contributed by atoms with Crippen molar-refractivity contribution in [2.45, 2.75) is 33.3 Å². The maximum Gasteiger partial charge on any atom is 0.135 e. The molecule has 0 bridgehead atoms. The average Bonchev–Trinajstić information content (AvgIpc) is 2.34. The predicted molar refractivity (Wildman–Crippen MR) is 47.7 cm³/mol. The molecule has 1 aromatic rings. The van der Waals surface area contributed by atoms with Gasteiger partial charge in [-0.3, -0.25) is 0 Å². The number of aliphatic hydroxyl groups is 1. The summed E-state index contributed by atoms with van der Waals surface area (Å²) in [6.45, 7) is 7.71. The Bertz CT molecular complexity index is 239. The summed E-state index contributed by atoms with van der Waals surface area (Å²) in [5, 5.41) is 10.1. The molecule has 0 spiro atoms. The summed E-state index contributed by atoms with van der Waals surface area (Å²) < 4.78 is 5.17. The van der Waals surface area contributed by atoms with Gasteiger partial charge in [-0.15, -0.1) is 0 Å². The molecule has 0 aromatic carbocycles. The Hall–Kier alpha value is -0.760. The molecule has 12 heavy (non-hydrogen) atoms. The van der Waals surface area contributed by atoms with Gasteiger partial charge in [0.05, 0.1) is 6.26 Å². The van der Waals surface area contributed by atoms with E-state index in [0.29, 0.717) is 5.76 Å². The first-order chi connectivity index (χ1) is 5.36. The van der Waals surface area contributed by atoms with E-state index in [1.54, 1.807) is 25.3 Å². The molecule has 0 fully saturated rings. The maximum absolute atomic E-state index is 10.1.